The molecule has 10 rings (SSSR count). The quantitative estimate of drug-likeness (QED) is 0.0434. The van der Waals surface area contributed by atoms with Crippen LogP contribution in [0, 0.1) is 22.7 Å². The molecule has 25 heteroatoms. The smallest absolute Gasteiger partial charge is 0.870 e. The van der Waals surface area contributed by atoms with E-state index in [2.05, 4.69) is 37.7 Å². The van der Waals surface area contributed by atoms with E-state index in [0.29, 0.717) is 82.5 Å². The second kappa shape index (κ2) is 29.3. The molecule has 468 valence electrons. The number of Topliss-reactive ketones (excluding diaryl/α,β-unsaturated/α-hetero) is 1. The Morgan fingerprint density at radius 3 is 1.25 bits per heavy atom. The Kier molecular flexibility index (Phi) is 21.9. The van der Waals surface area contributed by atoms with E-state index in [1.165, 1.54) is 11.6 Å². The third-order valence-corrected chi connectivity index (χ3v) is 14.8. The maximum absolute atomic E-state index is 13.1. The minimum atomic E-state index is -1.28. The molecule has 6 heterocycles. The van der Waals surface area contributed by atoms with E-state index in [0.717, 1.165) is 52.6 Å². The summed E-state index contributed by atoms with van der Waals surface area (Å²) in [5.74, 6) is 11.8. The number of nitrogen functional groups attached to an aromatic ring is 2. The minimum absolute atomic E-state index is 0. The van der Waals surface area contributed by atoms with Gasteiger partial charge in [0, 0.05) is 54.7 Å². The van der Waals surface area contributed by atoms with Crippen LogP contribution in [0.15, 0.2) is 134 Å². The molecule has 0 spiro atoms. The van der Waals surface area contributed by atoms with Crippen LogP contribution in [0.1, 0.15) is 164 Å². The number of nitrogens with one attached hydrogen (secondary N) is 2. The van der Waals surface area contributed by atoms with Crippen LogP contribution in [0.3, 0.4) is 0 Å². The number of pyridine rings is 2. The number of aromatic nitrogens is 6. The Balaban J connectivity index is 0.000000255. The molecule has 4 amide bonds. The number of hydrogen-bond acceptors (Lipinski definition) is 17. The Morgan fingerprint density at radius 1 is 0.543 bits per heavy atom. The zero-order valence-electron chi connectivity index (χ0n) is 52.3. The number of anilines is 2. The van der Waals surface area contributed by atoms with Gasteiger partial charge in [-0.3, -0.25) is 24.2 Å². The first-order valence-corrected chi connectivity index (χ1v) is 29.2. The van der Waals surface area contributed by atoms with Crippen molar-refractivity contribution < 1.29 is 67.7 Å². The second-order valence-corrected chi connectivity index (χ2v) is 23.6. The topological polar surface area (TPSA) is 363 Å². The average Bonchev–Trinajstić information content (AvgIpc) is 1.68. The summed E-state index contributed by atoms with van der Waals surface area (Å²) < 4.78 is 13.5. The molecule has 4 aromatic heterocycles. The van der Waals surface area contributed by atoms with Crippen LogP contribution < -0.4 is 41.2 Å². The molecule has 0 saturated carbocycles. The molecule has 2 aliphatic heterocycles. The van der Waals surface area contributed by atoms with E-state index in [9.17, 15) is 33.9 Å². The van der Waals surface area contributed by atoms with E-state index in [1.54, 1.807) is 134 Å². The van der Waals surface area contributed by atoms with Crippen molar-refractivity contribution in [1.29, 1.82) is 10.5 Å². The van der Waals surface area contributed by atoms with Crippen molar-refractivity contribution in [3.8, 4) is 56.9 Å². The van der Waals surface area contributed by atoms with Crippen molar-refractivity contribution in [2.75, 3.05) is 35.4 Å². The number of hydrogen-bond donors (Lipinski definition) is 5. The van der Waals surface area contributed by atoms with Gasteiger partial charge in [0.05, 0.1) is 35.3 Å². The zero-order chi connectivity index (χ0) is 64.6. The number of aromatic carboxylic acids is 1. The number of benzene rings is 4. The molecule has 0 bridgehead atoms. The number of rotatable bonds is 12. The average molecular weight is 1240 g/mol. The van der Waals surface area contributed by atoms with Gasteiger partial charge in [0.15, 0.2) is 23.1 Å². The van der Waals surface area contributed by atoms with Crippen LogP contribution >= 0.6 is 0 Å². The van der Waals surface area contributed by atoms with Gasteiger partial charge in [-0.2, -0.15) is 10.5 Å². The molecule has 92 heavy (non-hydrogen) atoms. The molecule has 2 fully saturated rings. The van der Waals surface area contributed by atoms with Gasteiger partial charge in [0.1, 0.15) is 39.9 Å². The standard InChI is InChI=1S/C34H35N7O4.C33H33N7O5.Li.H2O/c1-21(42)30-29(39-31(41(30)36)27-7-5-6-18-40(27)33(44)45-34(2,3)4)24-12-14-25(15-13-24)32(43)38-28-19-26(16-17-37-28)23-10-8-22(20-35)9-11-23;1-33(2,3)45-32(44)39-17-5-4-6-25(39)29-38-27(28(31(42)43)40(29)35)22-11-13-23(14-12-22)30(41)37-26-18-24(15-16-36-26)21-9-7-20(19-34)8-10-21;;/h8-17,19,27H,5-7,18,36H2,1-4H3,(H,37,38,43);7-16,18,25H,4-6,17,35H2,1-3H3,(H,42,43)(H,36,37,41);;1H2/q;;+1;/p-1/t27-;25-;;/m00../s1. The summed E-state index contributed by atoms with van der Waals surface area (Å²) in [6.45, 7) is 13.1. The molecule has 4 aromatic carbocycles. The summed E-state index contributed by atoms with van der Waals surface area (Å²) in [5, 5.41) is 33.7. The maximum Gasteiger partial charge on any atom is 1.00 e. The van der Waals surface area contributed by atoms with Gasteiger partial charge in [-0.15, -0.1) is 0 Å². The first kappa shape index (κ1) is 68.8. The van der Waals surface area contributed by atoms with E-state index in [-0.39, 0.29) is 58.9 Å². The van der Waals surface area contributed by atoms with Crippen LogP contribution in [-0.4, -0.2) is 110 Å². The summed E-state index contributed by atoms with van der Waals surface area (Å²) in [6.07, 6.45) is 6.68. The molecule has 2 aliphatic rings. The van der Waals surface area contributed by atoms with Crippen LogP contribution in [0.5, 0.6) is 0 Å². The zero-order valence-corrected chi connectivity index (χ0v) is 52.3. The molecule has 24 nitrogen and oxygen atoms in total. The maximum atomic E-state index is 13.1. The minimum Gasteiger partial charge on any atom is -0.870 e. The van der Waals surface area contributed by atoms with Gasteiger partial charge in [-0.05, 0) is 175 Å². The van der Waals surface area contributed by atoms with Crippen molar-refractivity contribution in [2.24, 2.45) is 0 Å². The Hall–Kier alpha value is -10.6. The number of carbonyl (C=O) groups is 6. The van der Waals surface area contributed by atoms with Crippen LogP contribution in [0.2, 0.25) is 0 Å². The number of carboxylic acids is 1. The number of piperidine rings is 2. The fraction of sp³-hybridized carbons (Fsp3) is 0.284. The summed E-state index contributed by atoms with van der Waals surface area (Å²) in [6, 6.07) is 37.5. The number of ketones is 1. The number of carbonyl (C=O) groups excluding carboxylic acids is 5. The summed E-state index contributed by atoms with van der Waals surface area (Å²) in [4.78, 5) is 98.4. The molecular formula is C67H69LiN14O10. The second-order valence-electron chi connectivity index (χ2n) is 23.6. The molecule has 0 aliphatic carbocycles. The van der Waals surface area contributed by atoms with Gasteiger partial charge in [-0.1, -0.05) is 48.5 Å². The molecule has 8 aromatic rings. The van der Waals surface area contributed by atoms with Crippen molar-refractivity contribution >= 4 is 47.4 Å². The van der Waals surface area contributed by atoms with Gasteiger partial charge >= 0.3 is 37.0 Å². The number of imidazole rings is 2. The Bertz CT molecular complexity index is 3840. The van der Waals surface area contributed by atoms with E-state index < -0.39 is 47.3 Å². The fourth-order valence-electron chi connectivity index (χ4n) is 10.6. The van der Waals surface area contributed by atoms with Gasteiger partial charge < -0.3 is 42.4 Å². The molecule has 0 radical (unpaired) electrons. The molecule has 0 unspecified atom stereocenters. The molecule has 2 saturated heterocycles. The number of nitrogens with two attached hydrogens (primary N) is 2. The first-order valence-electron chi connectivity index (χ1n) is 29.2. The van der Waals surface area contributed by atoms with E-state index >= 15 is 0 Å². The van der Waals surface area contributed by atoms with Gasteiger partial charge in [0.25, 0.3) is 11.8 Å². The van der Waals surface area contributed by atoms with Gasteiger partial charge in [0.2, 0.25) is 0 Å². The van der Waals surface area contributed by atoms with Crippen molar-refractivity contribution in [3.63, 3.8) is 0 Å². The fourth-order valence-corrected chi connectivity index (χ4v) is 10.6. The predicted octanol–water partition coefficient (Wildman–Crippen LogP) is 8.55. The van der Waals surface area contributed by atoms with E-state index in [4.69, 9.17) is 36.7 Å². The number of nitriles is 2. The first-order chi connectivity index (χ1) is 42.9. The van der Waals surface area contributed by atoms with Gasteiger partial charge in [-0.25, -0.2) is 43.7 Å². The number of amides is 4. The molecule has 2 atom stereocenters. The Labute approximate surface area is 543 Å². The van der Waals surface area contributed by atoms with Crippen LogP contribution in [-0.2, 0) is 9.47 Å². The van der Waals surface area contributed by atoms with Crippen molar-refractivity contribution in [1.82, 2.24) is 39.1 Å². The summed E-state index contributed by atoms with van der Waals surface area (Å²) >= 11 is 0. The molecular weight excluding hydrogens is 1170 g/mol. The Morgan fingerprint density at radius 2 is 0.902 bits per heavy atom. The number of carboxylic acid groups (broad SMARTS) is 1. The monoisotopic (exact) mass is 1240 g/mol. The number of likely N-dealkylation sites (tertiary alicyclic amines) is 2. The summed E-state index contributed by atoms with van der Waals surface area (Å²) in [7, 11) is 0. The SMILES string of the molecule is CC(=O)c1c(-c2ccc(C(=O)Nc3cc(-c4ccc(C#N)cc4)ccn3)cc2)nc([C@@H]2CCCCN2C(=O)OC(C)(C)C)n1N.CC(C)(C)OC(=O)N1CCCC[C@H]1c1nc(-c2ccc(C(=O)Nc3cc(-c4ccc(C#N)cc4)ccn3)cc2)c(C(=O)O)n1N.[Li+].[OH-]. The van der Waals surface area contributed by atoms with Crippen LogP contribution in [0.25, 0.3) is 44.8 Å². The van der Waals surface area contributed by atoms with Crippen molar-refractivity contribution in [3.05, 3.63) is 179 Å². The largest absolute Gasteiger partial charge is 1.00 e. The predicted molar refractivity (Wildman–Crippen MR) is 338 cm³/mol. The normalized spacial score (nSPS) is 14.5. The van der Waals surface area contributed by atoms with E-state index in [1.807, 2.05) is 51.1 Å². The summed E-state index contributed by atoms with van der Waals surface area (Å²) in [5.41, 5.74) is 5.36. The third kappa shape index (κ3) is 16.2. The molecule has 8 N–H and O–H groups in total. The number of ether oxygens (including phenoxy) is 2. The number of nitrogens with zero attached hydrogens (tertiary/aromatic N) is 10. The third-order valence-electron chi connectivity index (χ3n) is 14.8. The van der Waals surface area contributed by atoms with Crippen molar-refractivity contribution in [2.45, 2.75) is 110 Å². The van der Waals surface area contributed by atoms with Crippen LogP contribution in [0.4, 0.5) is 21.2 Å².